The molecule has 0 saturated heterocycles. The molecule has 38 heavy (non-hydrogen) atoms. The van der Waals surface area contributed by atoms with Gasteiger partial charge in [-0.25, -0.2) is 19.4 Å². The molecule has 11 nitrogen and oxygen atoms in total. The van der Waals surface area contributed by atoms with Gasteiger partial charge in [0.15, 0.2) is 11.6 Å². The summed E-state index contributed by atoms with van der Waals surface area (Å²) in [5, 5.41) is 8.12. The summed E-state index contributed by atoms with van der Waals surface area (Å²) in [6.07, 6.45) is 2.09. The molecule has 0 saturated carbocycles. The summed E-state index contributed by atoms with van der Waals surface area (Å²) in [7, 11) is 1.17. The lowest BCUT2D eigenvalue weighted by molar-refractivity contribution is 0.0941. The van der Waals surface area contributed by atoms with Gasteiger partial charge < -0.3 is 10.1 Å². The third-order valence-electron chi connectivity index (χ3n) is 4.84. The summed E-state index contributed by atoms with van der Waals surface area (Å²) in [4.78, 5) is 47.5. The second-order valence-corrected chi connectivity index (χ2v) is 10.3. The van der Waals surface area contributed by atoms with Crippen molar-refractivity contribution in [1.82, 2.24) is 25.2 Å². The van der Waals surface area contributed by atoms with E-state index in [2.05, 4.69) is 73.6 Å². The predicted octanol–water partition coefficient (Wildman–Crippen LogP) is 5.77. The van der Waals surface area contributed by atoms with Gasteiger partial charge >= 0.3 is 6.09 Å². The molecule has 3 heterocycles. The molecule has 0 atom stereocenters. The van der Waals surface area contributed by atoms with E-state index in [0.29, 0.717) is 13.5 Å². The molecule has 0 radical (unpaired) electrons. The van der Waals surface area contributed by atoms with Gasteiger partial charge in [-0.15, -0.1) is 0 Å². The van der Waals surface area contributed by atoms with Crippen LogP contribution in [0.1, 0.15) is 20.8 Å². The van der Waals surface area contributed by atoms with Crippen LogP contribution in [0.2, 0.25) is 5.02 Å². The minimum atomic E-state index is -0.877. The number of hydrogen-bond donors (Lipinski definition) is 2. The molecular formula is C23H15Br3ClN7O4. The van der Waals surface area contributed by atoms with Gasteiger partial charge in [-0.2, -0.15) is 10.1 Å². The lowest BCUT2D eigenvalue weighted by Crippen LogP contribution is -2.47. The van der Waals surface area contributed by atoms with Crippen LogP contribution in [-0.2, 0) is 4.74 Å². The number of hydrazine groups is 1. The number of nitrogens with one attached hydrogen (secondary N) is 2. The molecule has 0 spiro atoms. The molecule has 4 rings (SSSR count). The first kappa shape index (κ1) is 27.7. The Morgan fingerprint density at radius 1 is 1.00 bits per heavy atom. The van der Waals surface area contributed by atoms with Crippen LogP contribution in [0, 0.1) is 0 Å². The van der Waals surface area contributed by atoms with Crippen molar-refractivity contribution in [2.45, 2.75) is 0 Å². The van der Waals surface area contributed by atoms with E-state index in [9.17, 15) is 14.4 Å². The van der Waals surface area contributed by atoms with Crippen molar-refractivity contribution >= 4 is 88.8 Å². The average Bonchev–Trinajstić information content (AvgIpc) is 3.30. The zero-order valence-corrected chi connectivity index (χ0v) is 24.7. The standard InChI is InChI=1S/C23H15Br3ClN7O4/c1-38-23(37)34(18-6-2-3-7-28-18)32-21(35)13-9-12(24)10-14(25)19(13)30-22(36)16-11-17(26)31-33(16)20-15(27)5-4-8-29-20/h2-11H,1H3,(H,30,36)(H,32,35). The van der Waals surface area contributed by atoms with Gasteiger partial charge in [-0.05, 0) is 68.3 Å². The second-order valence-electron chi connectivity index (χ2n) is 7.27. The van der Waals surface area contributed by atoms with Gasteiger partial charge in [0.1, 0.15) is 10.3 Å². The Balaban J connectivity index is 1.70. The van der Waals surface area contributed by atoms with E-state index < -0.39 is 17.9 Å². The maximum atomic E-state index is 13.4. The van der Waals surface area contributed by atoms with Crippen molar-refractivity contribution in [1.29, 1.82) is 0 Å². The van der Waals surface area contributed by atoms with Crippen molar-refractivity contribution in [3.05, 3.63) is 90.8 Å². The Morgan fingerprint density at radius 2 is 1.76 bits per heavy atom. The molecule has 3 aromatic heterocycles. The number of pyridine rings is 2. The van der Waals surface area contributed by atoms with Crippen LogP contribution in [0.25, 0.3) is 5.82 Å². The number of anilines is 2. The highest BCUT2D eigenvalue weighted by Crippen LogP contribution is 2.32. The molecule has 0 bridgehead atoms. The molecule has 0 aliphatic heterocycles. The van der Waals surface area contributed by atoms with E-state index in [4.69, 9.17) is 16.3 Å². The van der Waals surface area contributed by atoms with Crippen LogP contribution in [0.4, 0.5) is 16.3 Å². The quantitative estimate of drug-likeness (QED) is 0.250. The molecule has 3 amide bonds. The highest BCUT2D eigenvalue weighted by Gasteiger charge is 2.26. The first-order valence-corrected chi connectivity index (χ1v) is 13.2. The highest BCUT2D eigenvalue weighted by molar-refractivity contribution is 9.11. The Labute approximate surface area is 245 Å². The predicted molar refractivity (Wildman–Crippen MR) is 150 cm³/mol. The smallest absolute Gasteiger partial charge is 0.434 e. The number of amides is 3. The molecular weight excluding hydrogens is 713 g/mol. The number of nitrogens with zero attached hydrogens (tertiary/aromatic N) is 5. The first-order chi connectivity index (χ1) is 18.2. The number of aromatic nitrogens is 4. The van der Waals surface area contributed by atoms with Crippen LogP contribution in [-0.4, -0.2) is 44.8 Å². The maximum Gasteiger partial charge on any atom is 0.434 e. The number of rotatable bonds is 5. The minimum Gasteiger partial charge on any atom is -0.451 e. The molecule has 0 aliphatic carbocycles. The average molecular weight is 729 g/mol. The third kappa shape index (κ3) is 6.04. The fourth-order valence-corrected chi connectivity index (χ4v) is 5.10. The Bertz CT molecular complexity index is 1530. The first-order valence-electron chi connectivity index (χ1n) is 10.5. The fourth-order valence-electron chi connectivity index (χ4n) is 3.20. The molecule has 0 unspecified atom stereocenters. The normalized spacial score (nSPS) is 10.6. The number of hydrogen-bond acceptors (Lipinski definition) is 7. The van der Waals surface area contributed by atoms with Gasteiger partial charge in [0.2, 0.25) is 0 Å². The topological polar surface area (TPSA) is 131 Å². The van der Waals surface area contributed by atoms with Crippen LogP contribution in [0.3, 0.4) is 0 Å². The van der Waals surface area contributed by atoms with Crippen LogP contribution < -0.4 is 15.8 Å². The maximum absolute atomic E-state index is 13.4. The van der Waals surface area contributed by atoms with E-state index >= 15 is 0 Å². The summed E-state index contributed by atoms with van der Waals surface area (Å²) in [6.45, 7) is 0. The number of ether oxygens (including phenoxy) is 1. The Kier molecular flexibility index (Phi) is 8.76. The van der Waals surface area contributed by atoms with E-state index in [1.807, 2.05) is 0 Å². The van der Waals surface area contributed by atoms with Gasteiger partial charge in [-0.3, -0.25) is 15.0 Å². The van der Waals surface area contributed by atoms with Gasteiger partial charge in [0, 0.05) is 27.4 Å². The van der Waals surface area contributed by atoms with Crippen molar-refractivity contribution in [3.63, 3.8) is 0 Å². The zero-order valence-electron chi connectivity index (χ0n) is 19.2. The summed E-state index contributed by atoms with van der Waals surface area (Å²) in [5.41, 5.74) is 2.70. The number of methoxy groups -OCH3 is 1. The highest BCUT2D eigenvalue weighted by atomic mass is 79.9. The minimum absolute atomic E-state index is 0.0189. The van der Waals surface area contributed by atoms with E-state index in [1.54, 1.807) is 30.3 Å². The van der Waals surface area contributed by atoms with Crippen molar-refractivity contribution < 1.29 is 19.1 Å². The monoisotopic (exact) mass is 725 g/mol. The van der Waals surface area contributed by atoms with Crippen LogP contribution in [0.15, 0.2) is 74.5 Å². The SMILES string of the molecule is COC(=O)N(NC(=O)c1cc(Br)cc(Br)c1NC(=O)c1cc(Br)nn1-c1ncccc1Cl)c1ccccn1. The van der Waals surface area contributed by atoms with Crippen LogP contribution in [0.5, 0.6) is 0 Å². The number of carbonyl (C=O) groups is 3. The van der Waals surface area contributed by atoms with Gasteiger partial charge in [0.05, 0.1) is 23.4 Å². The number of halogens is 4. The summed E-state index contributed by atoms with van der Waals surface area (Å²) >= 11 is 16.3. The molecule has 1 aromatic carbocycles. The molecule has 2 N–H and O–H groups in total. The van der Waals surface area contributed by atoms with E-state index in [-0.39, 0.29) is 33.6 Å². The number of benzene rings is 1. The third-order valence-corrected chi connectivity index (χ3v) is 6.60. The van der Waals surface area contributed by atoms with Crippen molar-refractivity contribution in [3.8, 4) is 5.82 Å². The lowest BCUT2D eigenvalue weighted by atomic mass is 10.1. The second kappa shape index (κ2) is 12.0. The molecule has 0 aliphatic rings. The van der Waals surface area contributed by atoms with E-state index in [0.717, 1.165) is 5.01 Å². The summed E-state index contributed by atoms with van der Waals surface area (Å²) < 4.78 is 7.33. The van der Waals surface area contributed by atoms with Gasteiger partial charge in [-0.1, -0.05) is 33.6 Å². The molecule has 0 fully saturated rings. The Hall–Kier alpha value is -3.33. The van der Waals surface area contributed by atoms with Crippen molar-refractivity contribution in [2.24, 2.45) is 0 Å². The van der Waals surface area contributed by atoms with Crippen molar-refractivity contribution in [2.75, 3.05) is 17.4 Å². The molecule has 194 valence electrons. The molecule has 4 aromatic rings. The van der Waals surface area contributed by atoms with E-state index in [1.165, 1.54) is 42.4 Å². The lowest BCUT2D eigenvalue weighted by Gasteiger charge is -2.22. The number of carbonyl (C=O) groups excluding carboxylic acids is 3. The zero-order chi connectivity index (χ0) is 27.4. The van der Waals surface area contributed by atoms with Gasteiger partial charge in [0.25, 0.3) is 11.8 Å². The summed E-state index contributed by atoms with van der Waals surface area (Å²) in [6, 6.07) is 12.7. The fraction of sp³-hybridized carbons (Fsp3) is 0.0435. The Morgan fingerprint density at radius 3 is 2.45 bits per heavy atom. The van der Waals surface area contributed by atoms with Crippen LogP contribution >= 0.6 is 59.4 Å². The molecule has 15 heteroatoms. The summed E-state index contributed by atoms with van der Waals surface area (Å²) in [5.74, 6) is -0.993. The largest absolute Gasteiger partial charge is 0.451 e.